The van der Waals surface area contributed by atoms with Crippen molar-refractivity contribution in [1.82, 2.24) is 9.80 Å². The zero-order chi connectivity index (χ0) is 10.6. The highest BCUT2D eigenvalue weighted by molar-refractivity contribution is 5.78. The fourth-order valence-electron chi connectivity index (χ4n) is 1.45. The Morgan fingerprint density at radius 3 is 2.57 bits per heavy atom. The van der Waals surface area contributed by atoms with Crippen molar-refractivity contribution in [3.05, 3.63) is 0 Å². The molecule has 0 spiro atoms. The van der Waals surface area contributed by atoms with Gasteiger partial charge in [-0.3, -0.25) is 9.69 Å². The number of likely N-dealkylation sites (N-methyl/N-ethyl adjacent to an activating group) is 2. The number of carbonyl (C=O) groups is 1. The normalized spacial score (nSPS) is 16.0. The predicted molar refractivity (Wildman–Crippen MR) is 57.0 cm³/mol. The van der Waals surface area contributed by atoms with E-state index < -0.39 is 0 Å². The van der Waals surface area contributed by atoms with Gasteiger partial charge in [0.2, 0.25) is 5.91 Å². The molecule has 4 heteroatoms. The van der Waals surface area contributed by atoms with Crippen LogP contribution in [-0.4, -0.2) is 55.5 Å². The van der Waals surface area contributed by atoms with Crippen LogP contribution in [0.1, 0.15) is 19.3 Å². The van der Waals surface area contributed by atoms with Crippen LogP contribution in [0.4, 0.5) is 0 Å². The molecule has 1 rings (SSSR count). The third-order valence-corrected chi connectivity index (χ3v) is 2.64. The monoisotopic (exact) mass is 199 g/mol. The standard InChI is InChI=1S/C10H21N3O/c1-12(7-3-6-11)8-10(14)13(2)9-4-5-9/h9H,3-8,11H2,1-2H3. The van der Waals surface area contributed by atoms with Crippen molar-refractivity contribution in [3.63, 3.8) is 0 Å². The van der Waals surface area contributed by atoms with E-state index in [0.717, 1.165) is 13.0 Å². The number of rotatable bonds is 6. The fraction of sp³-hybridized carbons (Fsp3) is 0.900. The molecule has 1 aliphatic rings. The molecule has 0 heterocycles. The van der Waals surface area contributed by atoms with Gasteiger partial charge in [-0.2, -0.15) is 0 Å². The Morgan fingerprint density at radius 1 is 1.43 bits per heavy atom. The van der Waals surface area contributed by atoms with Crippen LogP contribution in [0.2, 0.25) is 0 Å². The summed E-state index contributed by atoms with van der Waals surface area (Å²) in [5.74, 6) is 0.229. The van der Waals surface area contributed by atoms with Crippen molar-refractivity contribution in [2.24, 2.45) is 5.73 Å². The van der Waals surface area contributed by atoms with Gasteiger partial charge >= 0.3 is 0 Å². The van der Waals surface area contributed by atoms with Gasteiger partial charge in [-0.15, -0.1) is 0 Å². The maximum absolute atomic E-state index is 11.7. The van der Waals surface area contributed by atoms with E-state index in [0.29, 0.717) is 19.1 Å². The lowest BCUT2D eigenvalue weighted by Gasteiger charge is -2.21. The molecule has 14 heavy (non-hydrogen) atoms. The van der Waals surface area contributed by atoms with E-state index in [2.05, 4.69) is 0 Å². The third kappa shape index (κ3) is 3.64. The van der Waals surface area contributed by atoms with Crippen LogP contribution in [-0.2, 0) is 4.79 Å². The summed E-state index contributed by atoms with van der Waals surface area (Å²) in [6.07, 6.45) is 3.31. The Balaban J connectivity index is 2.17. The molecule has 0 aromatic rings. The lowest BCUT2D eigenvalue weighted by molar-refractivity contribution is -0.131. The number of hydrogen-bond acceptors (Lipinski definition) is 3. The summed E-state index contributed by atoms with van der Waals surface area (Å²) < 4.78 is 0. The van der Waals surface area contributed by atoms with Crippen molar-refractivity contribution in [1.29, 1.82) is 0 Å². The molecule has 1 saturated carbocycles. The lowest BCUT2D eigenvalue weighted by Crippen LogP contribution is -2.38. The van der Waals surface area contributed by atoms with Crippen molar-refractivity contribution >= 4 is 5.91 Å². The minimum atomic E-state index is 0.229. The van der Waals surface area contributed by atoms with Gasteiger partial charge in [-0.1, -0.05) is 0 Å². The zero-order valence-corrected chi connectivity index (χ0v) is 9.20. The number of nitrogens with zero attached hydrogens (tertiary/aromatic N) is 2. The van der Waals surface area contributed by atoms with Crippen LogP contribution in [0.15, 0.2) is 0 Å². The summed E-state index contributed by atoms with van der Waals surface area (Å²) in [5, 5.41) is 0. The van der Waals surface area contributed by atoms with Crippen LogP contribution < -0.4 is 5.73 Å². The van der Waals surface area contributed by atoms with Gasteiger partial charge in [0, 0.05) is 13.1 Å². The van der Waals surface area contributed by atoms with E-state index in [-0.39, 0.29) is 5.91 Å². The quantitative estimate of drug-likeness (QED) is 0.649. The second-order valence-corrected chi connectivity index (χ2v) is 4.12. The molecule has 0 aliphatic heterocycles. The maximum Gasteiger partial charge on any atom is 0.236 e. The van der Waals surface area contributed by atoms with Crippen LogP contribution in [0.25, 0.3) is 0 Å². The van der Waals surface area contributed by atoms with E-state index in [1.165, 1.54) is 12.8 Å². The van der Waals surface area contributed by atoms with Crippen molar-refractivity contribution in [2.75, 3.05) is 33.7 Å². The van der Waals surface area contributed by atoms with Crippen LogP contribution in [0.5, 0.6) is 0 Å². The first-order valence-corrected chi connectivity index (χ1v) is 5.29. The Hall–Kier alpha value is -0.610. The molecular weight excluding hydrogens is 178 g/mol. The van der Waals surface area contributed by atoms with E-state index >= 15 is 0 Å². The van der Waals surface area contributed by atoms with Gasteiger partial charge in [0.25, 0.3) is 0 Å². The summed E-state index contributed by atoms with van der Waals surface area (Å²) in [4.78, 5) is 15.6. The van der Waals surface area contributed by atoms with Gasteiger partial charge < -0.3 is 10.6 Å². The van der Waals surface area contributed by atoms with Crippen molar-refractivity contribution in [3.8, 4) is 0 Å². The number of hydrogen-bond donors (Lipinski definition) is 1. The molecule has 0 atom stereocenters. The molecule has 0 radical (unpaired) electrons. The second kappa shape index (κ2) is 5.32. The Kier molecular flexibility index (Phi) is 4.35. The minimum Gasteiger partial charge on any atom is -0.342 e. The van der Waals surface area contributed by atoms with Gasteiger partial charge in [0.15, 0.2) is 0 Å². The highest BCUT2D eigenvalue weighted by Crippen LogP contribution is 2.25. The average molecular weight is 199 g/mol. The van der Waals surface area contributed by atoms with Crippen LogP contribution in [0, 0.1) is 0 Å². The highest BCUT2D eigenvalue weighted by atomic mass is 16.2. The third-order valence-electron chi connectivity index (χ3n) is 2.64. The molecule has 4 nitrogen and oxygen atoms in total. The largest absolute Gasteiger partial charge is 0.342 e. The average Bonchev–Trinajstić information content (AvgIpc) is 2.96. The first-order valence-electron chi connectivity index (χ1n) is 5.29. The van der Waals surface area contributed by atoms with E-state index in [9.17, 15) is 4.79 Å². The zero-order valence-electron chi connectivity index (χ0n) is 9.20. The Bertz CT molecular complexity index is 192. The fourth-order valence-corrected chi connectivity index (χ4v) is 1.45. The summed E-state index contributed by atoms with van der Waals surface area (Å²) >= 11 is 0. The van der Waals surface area contributed by atoms with Gasteiger partial charge in [0.1, 0.15) is 0 Å². The molecule has 0 unspecified atom stereocenters. The number of nitrogens with two attached hydrogens (primary N) is 1. The maximum atomic E-state index is 11.7. The number of amides is 1. The summed E-state index contributed by atoms with van der Waals surface area (Å²) in [6, 6.07) is 0.519. The summed E-state index contributed by atoms with van der Waals surface area (Å²) in [5.41, 5.74) is 5.40. The molecule has 0 saturated heterocycles. The molecule has 1 amide bonds. The molecular formula is C10H21N3O. The SMILES string of the molecule is CN(CCCN)CC(=O)N(C)C1CC1. The molecule has 1 fully saturated rings. The molecule has 0 aromatic heterocycles. The Labute approximate surface area is 86.0 Å². The van der Waals surface area contributed by atoms with Gasteiger partial charge in [0.05, 0.1) is 6.54 Å². The molecule has 0 aromatic carbocycles. The molecule has 2 N–H and O–H groups in total. The predicted octanol–water partition coefficient (Wildman–Crippen LogP) is -0.112. The van der Waals surface area contributed by atoms with Gasteiger partial charge in [-0.25, -0.2) is 0 Å². The topological polar surface area (TPSA) is 49.6 Å². The van der Waals surface area contributed by atoms with E-state index in [1.807, 2.05) is 23.9 Å². The van der Waals surface area contributed by atoms with Crippen LogP contribution in [0.3, 0.4) is 0 Å². The first kappa shape index (κ1) is 11.5. The second-order valence-electron chi connectivity index (χ2n) is 4.12. The first-order chi connectivity index (χ1) is 6.65. The van der Waals surface area contributed by atoms with Gasteiger partial charge in [-0.05, 0) is 39.4 Å². The highest BCUT2D eigenvalue weighted by Gasteiger charge is 2.29. The smallest absolute Gasteiger partial charge is 0.236 e. The molecule has 82 valence electrons. The van der Waals surface area contributed by atoms with Crippen molar-refractivity contribution in [2.45, 2.75) is 25.3 Å². The molecule has 0 bridgehead atoms. The summed E-state index contributed by atoms with van der Waals surface area (Å²) in [7, 11) is 3.87. The van der Waals surface area contributed by atoms with E-state index in [1.54, 1.807) is 0 Å². The minimum absolute atomic E-state index is 0.229. The van der Waals surface area contributed by atoms with Crippen molar-refractivity contribution < 1.29 is 4.79 Å². The summed E-state index contributed by atoms with van der Waals surface area (Å²) in [6.45, 7) is 2.12. The molecule has 1 aliphatic carbocycles. The van der Waals surface area contributed by atoms with Crippen LogP contribution >= 0.6 is 0 Å². The number of carbonyl (C=O) groups excluding carboxylic acids is 1. The van der Waals surface area contributed by atoms with E-state index in [4.69, 9.17) is 5.73 Å². The Morgan fingerprint density at radius 2 is 2.07 bits per heavy atom. The lowest BCUT2D eigenvalue weighted by atomic mass is 10.4.